The van der Waals surface area contributed by atoms with E-state index in [1.165, 1.54) is 28.4 Å². The highest BCUT2D eigenvalue weighted by Gasteiger charge is 2.22. The van der Waals surface area contributed by atoms with Gasteiger partial charge in [0.15, 0.2) is 11.7 Å². The molecule has 0 bridgehead atoms. The third kappa shape index (κ3) is 4.53. The minimum atomic E-state index is -0.440. The van der Waals surface area contributed by atoms with Crippen LogP contribution in [0.2, 0.25) is 10.0 Å². The molecule has 2 heterocycles. The summed E-state index contributed by atoms with van der Waals surface area (Å²) in [5, 5.41) is 1.12. The van der Waals surface area contributed by atoms with E-state index in [0.717, 1.165) is 0 Å². The molecule has 2 aromatic heterocycles. The molecule has 0 aliphatic carbocycles. The maximum atomic E-state index is 14.1. The van der Waals surface area contributed by atoms with Crippen molar-refractivity contribution in [1.82, 2.24) is 9.97 Å². The van der Waals surface area contributed by atoms with Crippen LogP contribution in [-0.4, -0.2) is 22.5 Å². The summed E-state index contributed by atoms with van der Waals surface area (Å²) >= 11 is 13.2. The summed E-state index contributed by atoms with van der Waals surface area (Å²) in [5.41, 5.74) is 0.882. The number of ether oxygens (including phenoxy) is 1. The second kappa shape index (κ2) is 8.95. The van der Waals surface area contributed by atoms with E-state index in [4.69, 9.17) is 27.9 Å². The molecule has 0 spiro atoms. The normalized spacial score (nSPS) is 10.9. The SMILES string of the molecule is O=C(COc1ccc(Cl)cc1Cl)N(Cc1ccccn1)c1nc2c(F)cccc2s1. The third-order valence-corrected chi connectivity index (χ3v) is 5.76. The molecule has 1 amide bonds. The van der Waals surface area contributed by atoms with Crippen molar-refractivity contribution < 1.29 is 13.9 Å². The van der Waals surface area contributed by atoms with Crippen LogP contribution in [0.1, 0.15) is 5.69 Å². The zero-order valence-corrected chi connectivity index (χ0v) is 17.7. The molecule has 30 heavy (non-hydrogen) atoms. The number of rotatable bonds is 6. The van der Waals surface area contributed by atoms with Gasteiger partial charge in [-0.05, 0) is 42.5 Å². The second-order valence-electron chi connectivity index (χ2n) is 6.25. The number of amides is 1. The molecule has 0 saturated heterocycles. The van der Waals surface area contributed by atoms with Gasteiger partial charge in [0.25, 0.3) is 5.91 Å². The van der Waals surface area contributed by atoms with Crippen molar-refractivity contribution in [2.45, 2.75) is 6.54 Å². The number of hydrogen-bond acceptors (Lipinski definition) is 5. The fourth-order valence-electron chi connectivity index (χ4n) is 2.74. The van der Waals surface area contributed by atoms with Crippen molar-refractivity contribution >= 4 is 55.8 Å². The van der Waals surface area contributed by atoms with Crippen molar-refractivity contribution in [3.63, 3.8) is 0 Å². The second-order valence-corrected chi connectivity index (χ2v) is 8.10. The number of para-hydroxylation sites is 1. The number of carbonyl (C=O) groups excluding carboxylic acids is 1. The standard InChI is InChI=1S/C21H14Cl2FN3O2S/c22-13-7-8-17(15(23)10-13)29-12-19(28)27(11-14-4-1-2-9-25-14)21-26-20-16(24)5-3-6-18(20)30-21/h1-10H,11-12H2. The number of fused-ring (bicyclic) bond motifs is 1. The van der Waals surface area contributed by atoms with Crippen LogP contribution < -0.4 is 9.64 Å². The highest BCUT2D eigenvalue weighted by Crippen LogP contribution is 2.32. The molecule has 0 N–H and O–H groups in total. The number of anilines is 1. The summed E-state index contributed by atoms with van der Waals surface area (Å²) in [6.07, 6.45) is 1.64. The van der Waals surface area contributed by atoms with Crippen molar-refractivity contribution in [3.8, 4) is 5.75 Å². The van der Waals surface area contributed by atoms with Crippen LogP contribution in [0.3, 0.4) is 0 Å². The monoisotopic (exact) mass is 461 g/mol. The average molecular weight is 462 g/mol. The molecule has 2 aromatic carbocycles. The summed E-state index contributed by atoms with van der Waals surface area (Å²) in [5.74, 6) is -0.474. The maximum absolute atomic E-state index is 14.1. The Morgan fingerprint density at radius 1 is 1.13 bits per heavy atom. The molecule has 0 unspecified atom stereocenters. The summed E-state index contributed by atoms with van der Waals surface area (Å²) < 4.78 is 20.4. The van der Waals surface area contributed by atoms with E-state index >= 15 is 0 Å². The largest absolute Gasteiger partial charge is 0.482 e. The van der Waals surface area contributed by atoms with Gasteiger partial charge in [-0.2, -0.15) is 0 Å². The lowest BCUT2D eigenvalue weighted by atomic mass is 10.3. The minimum absolute atomic E-state index is 0.166. The van der Waals surface area contributed by atoms with Crippen LogP contribution >= 0.6 is 34.5 Å². The number of carbonyl (C=O) groups is 1. The van der Waals surface area contributed by atoms with Crippen LogP contribution in [0.25, 0.3) is 10.2 Å². The van der Waals surface area contributed by atoms with Gasteiger partial charge in [-0.3, -0.25) is 14.7 Å². The Hall–Kier alpha value is -2.74. The van der Waals surface area contributed by atoms with Gasteiger partial charge < -0.3 is 4.74 Å². The van der Waals surface area contributed by atoms with Gasteiger partial charge in [-0.1, -0.05) is 46.7 Å². The van der Waals surface area contributed by atoms with Crippen molar-refractivity contribution in [3.05, 3.63) is 82.4 Å². The van der Waals surface area contributed by atoms with E-state index in [-0.39, 0.29) is 24.6 Å². The lowest BCUT2D eigenvalue weighted by Gasteiger charge is -2.20. The summed E-state index contributed by atoms with van der Waals surface area (Å²) in [7, 11) is 0. The number of nitrogens with zero attached hydrogens (tertiary/aromatic N) is 3. The molecule has 0 radical (unpaired) electrons. The molecular weight excluding hydrogens is 448 g/mol. The van der Waals surface area contributed by atoms with Crippen LogP contribution in [-0.2, 0) is 11.3 Å². The van der Waals surface area contributed by atoms with E-state index in [1.807, 2.05) is 6.07 Å². The molecule has 4 aromatic rings. The number of pyridine rings is 1. The lowest BCUT2D eigenvalue weighted by Crippen LogP contribution is -2.34. The molecule has 0 saturated carbocycles. The topological polar surface area (TPSA) is 55.3 Å². The van der Waals surface area contributed by atoms with Gasteiger partial charge in [-0.15, -0.1) is 0 Å². The first-order valence-corrected chi connectivity index (χ1v) is 10.4. The number of thiazole rings is 1. The molecule has 0 fully saturated rings. The van der Waals surface area contributed by atoms with E-state index in [9.17, 15) is 9.18 Å². The third-order valence-electron chi connectivity index (χ3n) is 4.18. The number of benzene rings is 2. The summed E-state index contributed by atoms with van der Waals surface area (Å²) in [4.78, 5) is 23.1. The molecular formula is C21H14Cl2FN3O2S. The van der Waals surface area contributed by atoms with Crippen molar-refractivity contribution in [2.24, 2.45) is 0 Å². The minimum Gasteiger partial charge on any atom is -0.482 e. The lowest BCUT2D eigenvalue weighted by molar-refractivity contribution is -0.120. The Kier molecular flexibility index (Phi) is 6.13. The van der Waals surface area contributed by atoms with Gasteiger partial charge in [0, 0.05) is 11.2 Å². The first-order valence-electron chi connectivity index (χ1n) is 8.84. The number of halogens is 3. The Bertz CT molecular complexity index is 1200. The molecule has 0 aliphatic rings. The predicted molar refractivity (Wildman–Crippen MR) is 117 cm³/mol. The van der Waals surface area contributed by atoms with Gasteiger partial charge in [0.2, 0.25) is 0 Å². The van der Waals surface area contributed by atoms with E-state index < -0.39 is 5.82 Å². The van der Waals surface area contributed by atoms with Gasteiger partial charge in [-0.25, -0.2) is 9.37 Å². The Morgan fingerprint density at radius 3 is 2.73 bits per heavy atom. The van der Waals surface area contributed by atoms with Crippen molar-refractivity contribution in [2.75, 3.05) is 11.5 Å². The first-order chi connectivity index (χ1) is 14.5. The Labute approximate surface area is 185 Å². The fourth-order valence-corrected chi connectivity index (χ4v) is 4.20. The predicted octanol–water partition coefficient (Wildman–Crippen LogP) is 5.75. The van der Waals surface area contributed by atoms with Crippen LogP contribution in [0.15, 0.2) is 60.8 Å². The van der Waals surface area contributed by atoms with Crippen LogP contribution in [0.4, 0.5) is 9.52 Å². The van der Waals surface area contributed by atoms with Gasteiger partial charge >= 0.3 is 0 Å². The molecule has 4 rings (SSSR count). The first kappa shape index (κ1) is 20.5. The smallest absolute Gasteiger partial charge is 0.267 e. The van der Waals surface area contributed by atoms with Crippen LogP contribution in [0.5, 0.6) is 5.75 Å². The highest BCUT2D eigenvalue weighted by atomic mass is 35.5. The molecule has 5 nitrogen and oxygen atoms in total. The number of aromatic nitrogens is 2. The van der Waals surface area contributed by atoms with E-state index in [0.29, 0.717) is 31.3 Å². The zero-order valence-electron chi connectivity index (χ0n) is 15.4. The van der Waals surface area contributed by atoms with E-state index in [1.54, 1.807) is 42.6 Å². The quantitative estimate of drug-likeness (QED) is 0.366. The molecule has 152 valence electrons. The Balaban J connectivity index is 1.62. The Morgan fingerprint density at radius 2 is 2.00 bits per heavy atom. The average Bonchev–Trinajstić information content (AvgIpc) is 3.17. The summed E-state index contributed by atoms with van der Waals surface area (Å²) in [6, 6.07) is 14.9. The van der Waals surface area contributed by atoms with Gasteiger partial charge in [0.05, 0.1) is 22.0 Å². The van der Waals surface area contributed by atoms with Crippen LogP contribution in [0, 0.1) is 5.82 Å². The molecule has 9 heteroatoms. The van der Waals surface area contributed by atoms with Gasteiger partial charge in [0.1, 0.15) is 17.1 Å². The highest BCUT2D eigenvalue weighted by molar-refractivity contribution is 7.22. The summed E-state index contributed by atoms with van der Waals surface area (Å²) in [6.45, 7) is -0.120. The fraction of sp³-hybridized carbons (Fsp3) is 0.0952. The molecule has 0 atom stereocenters. The molecule has 0 aliphatic heterocycles. The van der Waals surface area contributed by atoms with E-state index in [2.05, 4.69) is 9.97 Å². The maximum Gasteiger partial charge on any atom is 0.267 e. The van der Waals surface area contributed by atoms with Crippen molar-refractivity contribution in [1.29, 1.82) is 0 Å². The zero-order chi connectivity index (χ0) is 21.1. The number of hydrogen-bond donors (Lipinski definition) is 0.